The van der Waals surface area contributed by atoms with Crippen LogP contribution in [-0.2, 0) is 6.61 Å². The topological polar surface area (TPSA) is 22.1 Å². The molecule has 116 valence electrons. The van der Waals surface area contributed by atoms with Crippen molar-refractivity contribution in [3.05, 3.63) is 64.7 Å². The number of ether oxygens (including phenoxy) is 1. The van der Waals surface area contributed by atoms with Crippen LogP contribution in [0.3, 0.4) is 0 Å². The third kappa shape index (κ3) is 3.73. The lowest BCUT2D eigenvalue weighted by molar-refractivity contribution is 0.298. The summed E-state index contributed by atoms with van der Waals surface area (Å²) in [6.45, 7) is 8.57. The van der Waals surface area contributed by atoms with Crippen LogP contribution in [0.1, 0.15) is 44.0 Å². The molecule has 1 aromatic carbocycles. The number of benzene rings is 1. The van der Waals surface area contributed by atoms with Crippen LogP contribution in [0.4, 0.5) is 4.39 Å². The normalized spacial score (nSPS) is 12.0. The largest absolute Gasteiger partial charge is 0.487 e. The minimum Gasteiger partial charge on any atom is -0.487 e. The molecule has 0 radical (unpaired) electrons. The fourth-order valence-corrected chi connectivity index (χ4v) is 2.24. The summed E-state index contributed by atoms with van der Waals surface area (Å²) in [6.07, 6.45) is 2.70. The van der Waals surface area contributed by atoms with E-state index in [9.17, 15) is 4.39 Å². The molecule has 2 rings (SSSR count). The molecule has 0 saturated carbocycles. The summed E-state index contributed by atoms with van der Waals surface area (Å²) in [5.41, 5.74) is 5.28. The molecule has 2 nitrogen and oxygen atoms in total. The molecule has 1 heterocycles. The van der Waals surface area contributed by atoms with E-state index in [4.69, 9.17) is 4.74 Å². The van der Waals surface area contributed by atoms with Crippen LogP contribution in [0.2, 0.25) is 0 Å². The highest BCUT2D eigenvalue weighted by Crippen LogP contribution is 2.30. The Morgan fingerprint density at radius 2 is 2.00 bits per heavy atom. The lowest BCUT2D eigenvalue weighted by Gasteiger charge is -2.14. The van der Waals surface area contributed by atoms with Crippen molar-refractivity contribution in [2.75, 3.05) is 0 Å². The average molecular weight is 299 g/mol. The third-order valence-electron chi connectivity index (χ3n) is 4.00. The van der Waals surface area contributed by atoms with E-state index in [1.54, 1.807) is 12.3 Å². The summed E-state index contributed by atoms with van der Waals surface area (Å²) in [5, 5.41) is 0. The molecular formula is C19H22FNO. The van der Waals surface area contributed by atoms with Gasteiger partial charge in [0.05, 0.1) is 5.69 Å². The zero-order valence-electron chi connectivity index (χ0n) is 13.6. The second-order valence-corrected chi connectivity index (χ2v) is 5.46. The van der Waals surface area contributed by atoms with Crippen molar-refractivity contribution in [1.29, 1.82) is 0 Å². The van der Waals surface area contributed by atoms with Gasteiger partial charge < -0.3 is 4.74 Å². The van der Waals surface area contributed by atoms with Crippen LogP contribution in [0.15, 0.2) is 42.1 Å². The molecule has 0 aliphatic heterocycles. The first-order valence-electron chi connectivity index (χ1n) is 7.52. The standard InChI is InChI=1S/C19H22FNO/c1-5-13(2)15(4)17-9-8-16(20)11-19(17)22-12-18-14(3)7-6-10-21-18/h6-11H,5,12H2,1-4H3/b15-13-. The molecular weight excluding hydrogens is 277 g/mol. The molecule has 3 heteroatoms. The summed E-state index contributed by atoms with van der Waals surface area (Å²) in [7, 11) is 0. The zero-order chi connectivity index (χ0) is 16.1. The molecule has 0 aliphatic rings. The Bertz CT molecular complexity index is 692. The maximum atomic E-state index is 13.6. The van der Waals surface area contributed by atoms with E-state index in [1.807, 2.05) is 26.0 Å². The molecule has 0 fully saturated rings. The number of nitrogens with zero attached hydrogens (tertiary/aromatic N) is 1. The number of hydrogen-bond donors (Lipinski definition) is 0. The Morgan fingerprint density at radius 1 is 1.23 bits per heavy atom. The van der Waals surface area contributed by atoms with E-state index in [0.29, 0.717) is 12.4 Å². The fourth-order valence-electron chi connectivity index (χ4n) is 2.24. The van der Waals surface area contributed by atoms with E-state index in [0.717, 1.165) is 28.8 Å². The molecule has 0 spiro atoms. The van der Waals surface area contributed by atoms with Gasteiger partial charge in [0.1, 0.15) is 18.2 Å². The van der Waals surface area contributed by atoms with Gasteiger partial charge in [-0.25, -0.2) is 4.39 Å². The van der Waals surface area contributed by atoms with Gasteiger partial charge in [-0.1, -0.05) is 18.6 Å². The molecule has 0 atom stereocenters. The molecule has 22 heavy (non-hydrogen) atoms. The van der Waals surface area contributed by atoms with Gasteiger partial charge in [0, 0.05) is 17.8 Å². The van der Waals surface area contributed by atoms with Crippen LogP contribution in [0.5, 0.6) is 5.75 Å². The highest BCUT2D eigenvalue weighted by atomic mass is 19.1. The summed E-state index contributed by atoms with van der Waals surface area (Å²) < 4.78 is 19.5. The number of hydrogen-bond acceptors (Lipinski definition) is 2. The number of pyridine rings is 1. The number of aryl methyl sites for hydroxylation is 1. The van der Waals surface area contributed by atoms with Gasteiger partial charge in [-0.15, -0.1) is 0 Å². The van der Waals surface area contributed by atoms with Crippen LogP contribution in [0, 0.1) is 12.7 Å². The second kappa shape index (κ2) is 7.21. The molecule has 0 bridgehead atoms. The number of allylic oxidation sites excluding steroid dienone is 2. The van der Waals surface area contributed by atoms with Crippen molar-refractivity contribution in [2.45, 2.75) is 40.7 Å². The van der Waals surface area contributed by atoms with Gasteiger partial charge in [-0.05, 0) is 56.5 Å². The van der Waals surface area contributed by atoms with Gasteiger partial charge in [-0.2, -0.15) is 0 Å². The predicted molar refractivity (Wildman–Crippen MR) is 88.3 cm³/mol. The van der Waals surface area contributed by atoms with Crippen LogP contribution in [0.25, 0.3) is 5.57 Å². The van der Waals surface area contributed by atoms with Gasteiger partial charge in [-0.3, -0.25) is 4.98 Å². The average Bonchev–Trinajstić information content (AvgIpc) is 2.53. The highest BCUT2D eigenvalue weighted by molar-refractivity contribution is 5.71. The number of rotatable bonds is 5. The lowest BCUT2D eigenvalue weighted by atomic mass is 10.00. The first-order valence-corrected chi connectivity index (χ1v) is 7.52. The SMILES string of the molecule is CC/C(C)=C(/C)c1ccc(F)cc1OCc1ncccc1C. The van der Waals surface area contributed by atoms with Crippen LogP contribution < -0.4 is 4.74 Å². The van der Waals surface area contributed by atoms with Crippen molar-refractivity contribution in [2.24, 2.45) is 0 Å². The smallest absolute Gasteiger partial charge is 0.130 e. The van der Waals surface area contributed by atoms with Crippen LogP contribution in [-0.4, -0.2) is 4.98 Å². The molecule has 2 aromatic rings. The minimum absolute atomic E-state index is 0.293. The monoisotopic (exact) mass is 299 g/mol. The maximum Gasteiger partial charge on any atom is 0.130 e. The number of aromatic nitrogens is 1. The maximum absolute atomic E-state index is 13.6. The molecule has 1 aromatic heterocycles. The van der Waals surface area contributed by atoms with E-state index in [2.05, 4.69) is 18.8 Å². The minimum atomic E-state index is -0.293. The van der Waals surface area contributed by atoms with Gasteiger partial charge in [0.15, 0.2) is 0 Å². The Balaban J connectivity index is 2.31. The van der Waals surface area contributed by atoms with Crippen molar-refractivity contribution < 1.29 is 9.13 Å². The zero-order valence-corrected chi connectivity index (χ0v) is 13.6. The van der Waals surface area contributed by atoms with Crippen molar-refractivity contribution >= 4 is 5.57 Å². The Morgan fingerprint density at radius 3 is 2.68 bits per heavy atom. The summed E-state index contributed by atoms with van der Waals surface area (Å²) in [4.78, 5) is 4.31. The summed E-state index contributed by atoms with van der Waals surface area (Å²) in [6, 6.07) is 8.58. The van der Waals surface area contributed by atoms with Crippen molar-refractivity contribution in [3.63, 3.8) is 0 Å². The van der Waals surface area contributed by atoms with Crippen LogP contribution >= 0.6 is 0 Å². The lowest BCUT2D eigenvalue weighted by Crippen LogP contribution is -2.02. The van der Waals surface area contributed by atoms with Crippen molar-refractivity contribution in [3.8, 4) is 5.75 Å². The first-order chi connectivity index (χ1) is 10.5. The predicted octanol–water partition coefficient (Wildman–Crippen LogP) is 5.31. The third-order valence-corrected chi connectivity index (χ3v) is 4.00. The molecule has 0 N–H and O–H groups in total. The van der Waals surface area contributed by atoms with E-state index < -0.39 is 0 Å². The van der Waals surface area contributed by atoms with E-state index >= 15 is 0 Å². The Hall–Kier alpha value is -2.16. The second-order valence-electron chi connectivity index (χ2n) is 5.46. The molecule has 0 amide bonds. The van der Waals surface area contributed by atoms with Gasteiger partial charge >= 0.3 is 0 Å². The first kappa shape index (κ1) is 16.2. The summed E-state index contributed by atoms with van der Waals surface area (Å²) in [5.74, 6) is 0.272. The summed E-state index contributed by atoms with van der Waals surface area (Å²) >= 11 is 0. The Labute approximate surface area is 131 Å². The van der Waals surface area contributed by atoms with Gasteiger partial charge in [0.25, 0.3) is 0 Å². The van der Waals surface area contributed by atoms with E-state index in [-0.39, 0.29) is 5.82 Å². The fraction of sp³-hybridized carbons (Fsp3) is 0.316. The van der Waals surface area contributed by atoms with Crippen molar-refractivity contribution in [1.82, 2.24) is 4.98 Å². The van der Waals surface area contributed by atoms with Gasteiger partial charge in [0.2, 0.25) is 0 Å². The highest BCUT2D eigenvalue weighted by Gasteiger charge is 2.10. The molecule has 0 saturated heterocycles. The Kier molecular flexibility index (Phi) is 5.31. The molecule has 0 aliphatic carbocycles. The quantitative estimate of drug-likeness (QED) is 0.746. The molecule has 0 unspecified atom stereocenters. The van der Waals surface area contributed by atoms with E-state index in [1.165, 1.54) is 17.7 Å². The number of halogens is 1.